The summed E-state index contributed by atoms with van der Waals surface area (Å²) < 4.78 is 10.4. The number of hydrogen-bond acceptors (Lipinski definition) is 4. The van der Waals surface area contributed by atoms with Gasteiger partial charge in [-0.25, -0.2) is 0 Å². The molecule has 0 amide bonds. The van der Waals surface area contributed by atoms with Crippen LogP contribution >= 0.6 is 0 Å². The lowest BCUT2D eigenvalue weighted by Crippen LogP contribution is -2.40. The first-order valence-electron chi connectivity index (χ1n) is 6.57. The topological polar surface area (TPSA) is 33.7 Å². The summed E-state index contributed by atoms with van der Waals surface area (Å²) in [7, 11) is 3.50. The SMILES string of the molecule is COCCN(CCCNC(C)C)C(C)COC. The molecule has 0 rings (SSSR count). The molecule has 0 aliphatic heterocycles. The summed E-state index contributed by atoms with van der Waals surface area (Å²) in [6, 6.07) is 1.02. The van der Waals surface area contributed by atoms with Gasteiger partial charge < -0.3 is 14.8 Å². The van der Waals surface area contributed by atoms with E-state index in [-0.39, 0.29) is 0 Å². The summed E-state index contributed by atoms with van der Waals surface area (Å²) in [5.41, 5.74) is 0. The minimum atomic E-state index is 0.453. The largest absolute Gasteiger partial charge is 0.383 e. The van der Waals surface area contributed by atoms with E-state index in [1.165, 1.54) is 0 Å². The summed E-state index contributed by atoms with van der Waals surface area (Å²) in [6.45, 7) is 11.3. The van der Waals surface area contributed by atoms with Gasteiger partial charge >= 0.3 is 0 Å². The molecule has 0 saturated heterocycles. The number of methoxy groups -OCH3 is 2. The molecule has 0 aromatic heterocycles. The molecule has 0 heterocycles. The Morgan fingerprint density at radius 2 is 1.76 bits per heavy atom. The van der Waals surface area contributed by atoms with Crippen molar-refractivity contribution < 1.29 is 9.47 Å². The molecule has 0 spiro atoms. The molecule has 4 nitrogen and oxygen atoms in total. The van der Waals surface area contributed by atoms with Gasteiger partial charge in [-0.2, -0.15) is 0 Å². The summed E-state index contributed by atoms with van der Waals surface area (Å²) in [5, 5.41) is 3.44. The Balaban J connectivity index is 3.83. The number of ether oxygens (including phenoxy) is 2. The summed E-state index contributed by atoms with van der Waals surface area (Å²) in [5.74, 6) is 0. The van der Waals surface area contributed by atoms with Crippen LogP contribution in [0.25, 0.3) is 0 Å². The fourth-order valence-electron chi connectivity index (χ4n) is 1.78. The zero-order valence-corrected chi connectivity index (χ0v) is 12.2. The van der Waals surface area contributed by atoms with Crippen LogP contribution in [-0.2, 0) is 9.47 Å². The van der Waals surface area contributed by atoms with E-state index < -0.39 is 0 Å². The van der Waals surface area contributed by atoms with Crippen LogP contribution in [0.1, 0.15) is 27.2 Å². The first-order chi connectivity index (χ1) is 8.11. The Labute approximate surface area is 107 Å². The van der Waals surface area contributed by atoms with Crippen molar-refractivity contribution in [3.63, 3.8) is 0 Å². The average molecular weight is 246 g/mol. The maximum absolute atomic E-state index is 5.21. The second-order valence-electron chi connectivity index (χ2n) is 4.80. The molecule has 0 aromatic carbocycles. The Morgan fingerprint density at radius 1 is 1.06 bits per heavy atom. The molecule has 0 aliphatic rings. The molecule has 0 aliphatic carbocycles. The van der Waals surface area contributed by atoms with Crippen LogP contribution in [0, 0.1) is 0 Å². The van der Waals surface area contributed by atoms with Crippen LogP contribution in [-0.4, -0.2) is 64.1 Å². The van der Waals surface area contributed by atoms with E-state index in [0.29, 0.717) is 12.1 Å². The summed E-state index contributed by atoms with van der Waals surface area (Å²) >= 11 is 0. The minimum Gasteiger partial charge on any atom is -0.383 e. The zero-order chi connectivity index (χ0) is 13.1. The molecule has 17 heavy (non-hydrogen) atoms. The van der Waals surface area contributed by atoms with Gasteiger partial charge in [0.1, 0.15) is 0 Å². The smallest absolute Gasteiger partial charge is 0.0615 e. The highest BCUT2D eigenvalue weighted by Crippen LogP contribution is 2.01. The maximum Gasteiger partial charge on any atom is 0.0615 e. The van der Waals surface area contributed by atoms with Crippen molar-refractivity contribution in [2.75, 3.05) is 47.1 Å². The van der Waals surface area contributed by atoms with Gasteiger partial charge in [-0.15, -0.1) is 0 Å². The molecular formula is C13H30N2O2. The molecule has 0 radical (unpaired) electrons. The lowest BCUT2D eigenvalue weighted by Gasteiger charge is -2.28. The first-order valence-corrected chi connectivity index (χ1v) is 6.57. The van der Waals surface area contributed by atoms with Gasteiger partial charge in [-0.05, 0) is 26.4 Å². The van der Waals surface area contributed by atoms with Gasteiger partial charge in [0.25, 0.3) is 0 Å². The molecule has 1 atom stereocenters. The number of hydrogen-bond donors (Lipinski definition) is 1. The second kappa shape index (κ2) is 11.0. The minimum absolute atomic E-state index is 0.453. The van der Waals surface area contributed by atoms with Gasteiger partial charge in [0.15, 0.2) is 0 Å². The van der Waals surface area contributed by atoms with E-state index in [2.05, 4.69) is 31.0 Å². The van der Waals surface area contributed by atoms with Crippen LogP contribution in [0.15, 0.2) is 0 Å². The second-order valence-corrected chi connectivity index (χ2v) is 4.80. The number of nitrogens with zero attached hydrogens (tertiary/aromatic N) is 1. The monoisotopic (exact) mass is 246 g/mol. The molecule has 4 heteroatoms. The molecule has 0 aromatic rings. The third kappa shape index (κ3) is 9.53. The normalized spacial score (nSPS) is 13.6. The van der Waals surface area contributed by atoms with Crippen LogP contribution in [0.2, 0.25) is 0 Å². The van der Waals surface area contributed by atoms with Gasteiger partial charge in [0.05, 0.1) is 13.2 Å². The highest BCUT2D eigenvalue weighted by Gasteiger charge is 2.12. The first kappa shape index (κ1) is 16.8. The molecular weight excluding hydrogens is 216 g/mol. The van der Waals surface area contributed by atoms with E-state index in [9.17, 15) is 0 Å². The highest BCUT2D eigenvalue weighted by atomic mass is 16.5. The summed E-state index contributed by atoms with van der Waals surface area (Å²) in [6.07, 6.45) is 1.16. The Bertz CT molecular complexity index is 165. The van der Waals surface area contributed by atoms with Crippen molar-refractivity contribution in [1.82, 2.24) is 10.2 Å². The molecule has 104 valence electrons. The van der Waals surface area contributed by atoms with Crippen LogP contribution in [0.4, 0.5) is 0 Å². The van der Waals surface area contributed by atoms with E-state index in [0.717, 1.165) is 39.3 Å². The van der Waals surface area contributed by atoms with E-state index in [1.54, 1.807) is 14.2 Å². The molecule has 1 unspecified atom stereocenters. The predicted octanol–water partition coefficient (Wildman–Crippen LogP) is 1.36. The van der Waals surface area contributed by atoms with Crippen molar-refractivity contribution >= 4 is 0 Å². The Morgan fingerprint density at radius 3 is 2.29 bits per heavy atom. The van der Waals surface area contributed by atoms with Crippen molar-refractivity contribution in [2.24, 2.45) is 0 Å². The van der Waals surface area contributed by atoms with Crippen molar-refractivity contribution in [1.29, 1.82) is 0 Å². The molecule has 0 fully saturated rings. The van der Waals surface area contributed by atoms with E-state index in [1.807, 2.05) is 0 Å². The van der Waals surface area contributed by atoms with Gasteiger partial charge in [0, 0.05) is 32.8 Å². The van der Waals surface area contributed by atoms with Gasteiger partial charge in [0.2, 0.25) is 0 Å². The third-order valence-electron chi connectivity index (χ3n) is 2.79. The molecule has 1 N–H and O–H groups in total. The van der Waals surface area contributed by atoms with Crippen molar-refractivity contribution in [3.05, 3.63) is 0 Å². The third-order valence-corrected chi connectivity index (χ3v) is 2.79. The lowest BCUT2D eigenvalue weighted by atomic mass is 10.2. The fraction of sp³-hybridized carbons (Fsp3) is 1.00. The van der Waals surface area contributed by atoms with Crippen LogP contribution in [0.3, 0.4) is 0 Å². The van der Waals surface area contributed by atoms with Crippen molar-refractivity contribution in [3.8, 4) is 0 Å². The van der Waals surface area contributed by atoms with E-state index in [4.69, 9.17) is 9.47 Å². The number of rotatable bonds is 11. The predicted molar refractivity (Wildman–Crippen MR) is 72.5 cm³/mol. The number of nitrogens with one attached hydrogen (secondary N) is 1. The lowest BCUT2D eigenvalue weighted by molar-refractivity contribution is 0.0743. The van der Waals surface area contributed by atoms with E-state index >= 15 is 0 Å². The zero-order valence-electron chi connectivity index (χ0n) is 12.2. The average Bonchev–Trinajstić information content (AvgIpc) is 2.28. The van der Waals surface area contributed by atoms with Crippen LogP contribution in [0.5, 0.6) is 0 Å². The highest BCUT2D eigenvalue weighted by molar-refractivity contribution is 4.67. The van der Waals surface area contributed by atoms with Gasteiger partial charge in [-0.3, -0.25) is 4.90 Å². The quantitative estimate of drug-likeness (QED) is 0.558. The molecule has 0 bridgehead atoms. The Hall–Kier alpha value is -0.160. The van der Waals surface area contributed by atoms with Crippen LogP contribution < -0.4 is 5.32 Å². The van der Waals surface area contributed by atoms with Crippen molar-refractivity contribution in [2.45, 2.75) is 39.3 Å². The fourth-order valence-corrected chi connectivity index (χ4v) is 1.78. The summed E-state index contributed by atoms with van der Waals surface area (Å²) in [4.78, 5) is 2.43. The molecule has 0 saturated carbocycles. The maximum atomic E-state index is 5.21. The Kier molecular flexibility index (Phi) is 10.9. The standard InChI is InChI=1S/C13H30N2O2/c1-12(2)14-7-6-8-15(9-10-16-4)13(3)11-17-5/h12-14H,6-11H2,1-5H3. The van der Waals surface area contributed by atoms with Gasteiger partial charge in [-0.1, -0.05) is 13.8 Å².